The highest BCUT2D eigenvalue weighted by molar-refractivity contribution is 7.89. The summed E-state index contributed by atoms with van der Waals surface area (Å²) >= 11 is 0. The van der Waals surface area contributed by atoms with E-state index < -0.39 is 10.0 Å². The second-order valence-corrected chi connectivity index (χ2v) is 6.53. The average Bonchev–Trinajstić information content (AvgIpc) is 3.10. The lowest BCUT2D eigenvalue weighted by atomic mass is 10.2. The normalized spacial score (nSPS) is 22.7. The Kier molecular flexibility index (Phi) is 3.82. The number of carbonyl (C=O) groups is 1. The van der Waals surface area contributed by atoms with E-state index in [0.717, 1.165) is 24.7 Å². The predicted molar refractivity (Wildman–Crippen MR) is 68.8 cm³/mol. The molecule has 0 spiro atoms. The zero-order valence-corrected chi connectivity index (χ0v) is 11.2. The fourth-order valence-electron chi connectivity index (χ4n) is 1.97. The van der Waals surface area contributed by atoms with E-state index in [-0.39, 0.29) is 6.04 Å². The van der Waals surface area contributed by atoms with Crippen LogP contribution >= 0.6 is 0 Å². The fourth-order valence-corrected chi connectivity index (χ4v) is 3.59. The first kappa shape index (κ1) is 13.2. The van der Waals surface area contributed by atoms with E-state index in [1.165, 1.54) is 4.31 Å². The molecule has 2 unspecified atom stereocenters. The number of aryl methyl sites for hydroxylation is 1. The number of sulfonamides is 1. The number of unbranched alkanes of at least 4 members (excludes halogenated alkanes) is 1. The van der Waals surface area contributed by atoms with Crippen molar-refractivity contribution in [1.82, 2.24) is 4.31 Å². The molecule has 1 aliphatic heterocycles. The van der Waals surface area contributed by atoms with Crippen molar-refractivity contribution in [2.45, 2.75) is 37.1 Å². The molecule has 2 atom stereocenters. The highest BCUT2D eigenvalue weighted by Gasteiger charge is 2.43. The van der Waals surface area contributed by atoms with Crippen molar-refractivity contribution in [2.75, 3.05) is 6.54 Å². The first-order valence-corrected chi connectivity index (χ1v) is 7.52. The zero-order valence-electron chi connectivity index (χ0n) is 10.4. The smallest absolute Gasteiger partial charge is 0.243 e. The van der Waals surface area contributed by atoms with Crippen LogP contribution in [0, 0.1) is 6.92 Å². The Balaban J connectivity index is 2.01. The van der Waals surface area contributed by atoms with Gasteiger partial charge in [0.2, 0.25) is 10.0 Å². The van der Waals surface area contributed by atoms with E-state index in [1.54, 1.807) is 24.3 Å². The number of benzene rings is 1. The summed E-state index contributed by atoms with van der Waals surface area (Å²) in [6, 6.07) is 6.98. The van der Waals surface area contributed by atoms with E-state index in [4.69, 9.17) is 0 Å². The molecule has 1 fully saturated rings. The fraction of sp³-hybridized carbons (Fsp3) is 0.462. The molecule has 0 aromatic heterocycles. The molecule has 1 aliphatic rings. The number of nitrogens with zero attached hydrogens (tertiary/aromatic N) is 1. The monoisotopic (exact) mass is 267 g/mol. The van der Waals surface area contributed by atoms with Crippen molar-refractivity contribution >= 4 is 16.3 Å². The van der Waals surface area contributed by atoms with Crippen LogP contribution in [0.5, 0.6) is 0 Å². The molecule has 1 saturated heterocycles. The maximum atomic E-state index is 12.2. The molecule has 0 aliphatic carbocycles. The van der Waals surface area contributed by atoms with Gasteiger partial charge in [0.1, 0.15) is 6.29 Å². The van der Waals surface area contributed by atoms with Gasteiger partial charge in [0.15, 0.2) is 0 Å². The quantitative estimate of drug-likeness (QED) is 0.448. The van der Waals surface area contributed by atoms with Crippen LogP contribution in [0.25, 0.3) is 0 Å². The molecule has 1 heterocycles. The Morgan fingerprint density at radius 2 is 2.00 bits per heavy atom. The number of aldehydes is 1. The number of rotatable bonds is 6. The average molecular weight is 267 g/mol. The summed E-state index contributed by atoms with van der Waals surface area (Å²) < 4.78 is 25.9. The lowest BCUT2D eigenvalue weighted by molar-refractivity contribution is -0.107. The maximum Gasteiger partial charge on any atom is 0.243 e. The Morgan fingerprint density at radius 3 is 2.61 bits per heavy atom. The van der Waals surface area contributed by atoms with E-state index in [9.17, 15) is 13.2 Å². The summed E-state index contributed by atoms with van der Waals surface area (Å²) in [5.41, 5.74) is 1.04. The van der Waals surface area contributed by atoms with E-state index in [0.29, 0.717) is 17.9 Å². The van der Waals surface area contributed by atoms with Gasteiger partial charge in [-0.25, -0.2) is 8.42 Å². The molecule has 1 aromatic rings. The van der Waals surface area contributed by atoms with Crippen molar-refractivity contribution in [3.05, 3.63) is 29.8 Å². The minimum Gasteiger partial charge on any atom is -0.303 e. The first-order valence-electron chi connectivity index (χ1n) is 6.08. The lowest BCUT2D eigenvalue weighted by Gasteiger charge is -2.06. The Morgan fingerprint density at radius 1 is 1.33 bits per heavy atom. The molecule has 98 valence electrons. The standard InChI is InChI=1S/C13H17NO3S/c1-11-5-7-13(8-6-11)18(16,17)14-10-12(14)4-2-3-9-15/h5-9,12H,2-4,10H2,1H3. The van der Waals surface area contributed by atoms with Crippen molar-refractivity contribution in [3.63, 3.8) is 0 Å². The van der Waals surface area contributed by atoms with E-state index in [1.807, 2.05) is 6.92 Å². The number of carbonyl (C=O) groups excluding carboxylic acids is 1. The van der Waals surface area contributed by atoms with E-state index >= 15 is 0 Å². The van der Waals surface area contributed by atoms with Gasteiger partial charge in [0.25, 0.3) is 0 Å². The molecule has 18 heavy (non-hydrogen) atoms. The zero-order chi connectivity index (χ0) is 13.2. The van der Waals surface area contributed by atoms with Crippen molar-refractivity contribution in [2.24, 2.45) is 0 Å². The minimum absolute atomic E-state index is 0.0799. The van der Waals surface area contributed by atoms with E-state index in [2.05, 4.69) is 0 Å². The van der Waals surface area contributed by atoms with Gasteiger partial charge in [0.05, 0.1) is 4.90 Å². The van der Waals surface area contributed by atoms with Gasteiger partial charge < -0.3 is 4.79 Å². The van der Waals surface area contributed by atoms with Gasteiger partial charge in [-0.15, -0.1) is 0 Å². The van der Waals surface area contributed by atoms with Crippen molar-refractivity contribution in [3.8, 4) is 0 Å². The van der Waals surface area contributed by atoms with Gasteiger partial charge >= 0.3 is 0 Å². The summed E-state index contributed by atoms with van der Waals surface area (Å²) in [6.07, 6.45) is 2.91. The van der Waals surface area contributed by atoms with Gasteiger partial charge in [-0.3, -0.25) is 0 Å². The van der Waals surface area contributed by atoms with Crippen LogP contribution in [0.15, 0.2) is 29.2 Å². The Bertz CT molecular complexity index is 522. The van der Waals surface area contributed by atoms with Crippen LogP contribution in [-0.4, -0.2) is 31.6 Å². The second-order valence-electron chi connectivity index (χ2n) is 4.64. The molecule has 0 saturated carbocycles. The Hall–Kier alpha value is -1.20. The third kappa shape index (κ3) is 2.79. The van der Waals surface area contributed by atoms with Gasteiger partial charge in [-0.1, -0.05) is 17.7 Å². The highest BCUT2D eigenvalue weighted by Crippen LogP contribution is 2.31. The molecule has 0 amide bonds. The van der Waals surface area contributed by atoms with Crippen LogP contribution < -0.4 is 0 Å². The SMILES string of the molecule is Cc1ccc(S(=O)(=O)N2CC2CCCC=O)cc1. The molecule has 5 heteroatoms. The number of hydrogen-bond acceptors (Lipinski definition) is 3. The van der Waals surface area contributed by atoms with Crippen LogP contribution in [0.1, 0.15) is 24.8 Å². The van der Waals surface area contributed by atoms with Crippen LogP contribution in [0.2, 0.25) is 0 Å². The third-order valence-corrected chi connectivity index (χ3v) is 5.08. The van der Waals surface area contributed by atoms with Crippen LogP contribution in [0.3, 0.4) is 0 Å². The molecule has 0 bridgehead atoms. The van der Waals surface area contributed by atoms with Gasteiger partial charge in [-0.2, -0.15) is 4.31 Å². The van der Waals surface area contributed by atoms with Crippen molar-refractivity contribution in [1.29, 1.82) is 0 Å². The largest absolute Gasteiger partial charge is 0.303 e. The minimum atomic E-state index is -3.32. The molecular weight excluding hydrogens is 250 g/mol. The lowest BCUT2D eigenvalue weighted by Crippen LogP contribution is -2.14. The molecule has 0 N–H and O–H groups in total. The summed E-state index contributed by atoms with van der Waals surface area (Å²) in [7, 11) is -3.32. The predicted octanol–water partition coefficient (Wildman–Crippen LogP) is 1.74. The molecular formula is C13H17NO3S. The summed E-state index contributed by atoms with van der Waals surface area (Å²) in [5.74, 6) is 0. The van der Waals surface area contributed by atoms with Crippen LogP contribution in [0.4, 0.5) is 0 Å². The molecule has 1 aromatic carbocycles. The number of hydrogen-bond donors (Lipinski definition) is 0. The third-order valence-electron chi connectivity index (χ3n) is 3.15. The molecule has 2 rings (SSSR count). The maximum absolute atomic E-state index is 12.2. The molecule has 4 nitrogen and oxygen atoms in total. The highest BCUT2D eigenvalue weighted by atomic mass is 32.2. The first-order chi connectivity index (χ1) is 8.55. The molecule has 0 radical (unpaired) electrons. The van der Waals surface area contributed by atoms with Gasteiger partial charge in [-0.05, 0) is 31.9 Å². The summed E-state index contributed by atoms with van der Waals surface area (Å²) in [6.45, 7) is 2.51. The topological polar surface area (TPSA) is 54.2 Å². The Labute approximate surface area is 108 Å². The summed E-state index contributed by atoms with van der Waals surface area (Å²) in [4.78, 5) is 10.6. The van der Waals surface area contributed by atoms with Crippen molar-refractivity contribution < 1.29 is 13.2 Å². The summed E-state index contributed by atoms with van der Waals surface area (Å²) in [5, 5.41) is 0. The second kappa shape index (κ2) is 5.20. The van der Waals surface area contributed by atoms with Crippen LogP contribution in [-0.2, 0) is 14.8 Å². The van der Waals surface area contributed by atoms with Gasteiger partial charge in [0, 0.05) is 19.0 Å².